The smallest absolute Gasteiger partial charge is 0.324 e. The topological polar surface area (TPSA) is 102 Å². The van der Waals surface area contributed by atoms with E-state index < -0.39 is 11.8 Å². The summed E-state index contributed by atoms with van der Waals surface area (Å²) in [4.78, 5) is 17.0. The van der Waals surface area contributed by atoms with E-state index in [1.54, 1.807) is 36.2 Å². The molecule has 0 unspecified atom stereocenters. The van der Waals surface area contributed by atoms with Gasteiger partial charge in [0.2, 0.25) is 0 Å². The molecule has 2 aromatic heterocycles. The number of hydrogen-bond donors (Lipinski definition) is 3. The minimum absolute atomic E-state index is 0.0133. The number of aryl methyl sites for hydroxylation is 1. The summed E-state index contributed by atoms with van der Waals surface area (Å²) >= 11 is 0. The monoisotopic (exact) mass is 532 g/mol. The summed E-state index contributed by atoms with van der Waals surface area (Å²) in [6.07, 6.45) is 1.62. The van der Waals surface area contributed by atoms with Crippen molar-refractivity contribution in [2.45, 2.75) is 33.1 Å². The van der Waals surface area contributed by atoms with Gasteiger partial charge in [-0.2, -0.15) is 5.10 Å². The van der Waals surface area contributed by atoms with Crippen molar-refractivity contribution >= 4 is 23.2 Å². The van der Waals surface area contributed by atoms with E-state index in [0.717, 1.165) is 22.8 Å². The van der Waals surface area contributed by atoms with Gasteiger partial charge in [-0.15, -0.1) is 0 Å². The molecule has 4 aromatic rings. The maximum atomic E-state index is 14.8. The van der Waals surface area contributed by atoms with Crippen molar-refractivity contribution in [1.82, 2.24) is 14.8 Å². The molecule has 2 amide bonds. The molecule has 0 bridgehead atoms. The van der Waals surface area contributed by atoms with E-state index in [2.05, 4.69) is 20.9 Å². The van der Waals surface area contributed by atoms with Gasteiger partial charge in [0.25, 0.3) is 0 Å². The molecule has 9 nitrogen and oxygen atoms in total. The van der Waals surface area contributed by atoms with Crippen molar-refractivity contribution in [2.75, 3.05) is 36.2 Å². The third-order valence-electron chi connectivity index (χ3n) is 5.76. The largest absolute Gasteiger partial charge is 0.457 e. The SMILES string of the molecule is COCCNc1ccc(-n2nc(C(C)(C)C)cc2NC(=O)Nc2ccc(Oc3ccnc(C)c3)cc2F)cc1. The molecule has 0 saturated heterocycles. The Kier molecular flexibility index (Phi) is 8.46. The fourth-order valence-corrected chi connectivity index (χ4v) is 3.70. The second kappa shape index (κ2) is 12.0. The molecule has 10 heteroatoms. The van der Waals surface area contributed by atoms with Crippen LogP contribution in [0.2, 0.25) is 0 Å². The lowest BCUT2D eigenvalue weighted by Crippen LogP contribution is -2.22. The molecule has 0 radical (unpaired) electrons. The van der Waals surface area contributed by atoms with Crippen LogP contribution in [0, 0.1) is 12.7 Å². The number of hydrogen-bond acceptors (Lipinski definition) is 6. The molecule has 39 heavy (non-hydrogen) atoms. The number of rotatable bonds is 9. The zero-order chi connectivity index (χ0) is 28.0. The number of benzene rings is 2. The zero-order valence-corrected chi connectivity index (χ0v) is 22.7. The molecular weight excluding hydrogens is 499 g/mol. The van der Waals surface area contributed by atoms with Crippen molar-refractivity contribution in [2.24, 2.45) is 0 Å². The van der Waals surface area contributed by atoms with Gasteiger partial charge in [0.15, 0.2) is 0 Å². The third-order valence-corrected chi connectivity index (χ3v) is 5.76. The number of anilines is 3. The Bertz CT molecular complexity index is 1430. The molecule has 0 spiro atoms. The number of carbonyl (C=O) groups is 1. The predicted molar refractivity (Wildman–Crippen MR) is 151 cm³/mol. The normalized spacial score (nSPS) is 11.2. The highest BCUT2D eigenvalue weighted by molar-refractivity contribution is 5.99. The Morgan fingerprint density at radius 2 is 1.74 bits per heavy atom. The Morgan fingerprint density at radius 1 is 1.00 bits per heavy atom. The highest BCUT2D eigenvalue weighted by Crippen LogP contribution is 2.28. The van der Waals surface area contributed by atoms with Crippen LogP contribution < -0.4 is 20.7 Å². The van der Waals surface area contributed by atoms with Crippen LogP contribution in [0.3, 0.4) is 0 Å². The van der Waals surface area contributed by atoms with E-state index in [9.17, 15) is 9.18 Å². The fourth-order valence-electron chi connectivity index (χ4n) is 3.70. The van der Waals surface area contributed by atoms with Crippen LogP contribution in [-0.4, -0.2) is 41.1 Å². The minimum atomic E-state index is -0.631. The highest BCUT2D eigenvalue weighted by atomic mass is 19.1. The highest BCUT2D eigenvalue weighted by Gasteiger charge is 2.22. The average Bonchev–Trinajstić information content (AvgIpc) is 3.30. The summed E-state index contributed by atoms with van der Waals surface area (Å²) in [7, 11) is 1.66. The zero-order valence-electron chi connectivity index (χ0n) is 22.7. The molecule has 0 aliphatic rings. The molecule has 2 aromatic carbocycles. The number of urea groups is 1. The second-order valence-corrected chi connectivity index (χ2v) is 10.00. The van der Waals surface area contributed by atoms with Crippen LogP contribution in [0.5, 0.6) is 11.5 Å². The summed E-state index contributed by atoms with van der Waals surface area (Å²) < 4.78 is 27.2. The van der Waals surface area contributed by atoms with Gasteiger partial charge in [0.1, 0.15) is 23.1 Å². The van der Waals surface area contributed by atoms with Gasteiger partial charge in [-0.1, -0.05) is 20.8 Å². The molecule has 0 saturated carbocycles. The van der Waals surface area contributed by atoms with E-state index in [0.29, 0.717) is 30.5 Å². The summed E-state index contributed by atoms with van der Waals surface area (Å²) in [5.74, 6) is 0.666. The Balaban J connectivity index is 1.49. The molecule has 0 aliphatic carbocycles. The summed E-state index contributed by atoms with van der Waals surface area (Å²) in [6.45, 7) is 9.24. The Hall–Kier alpha value is -4.44. The third kappa shape index (κ3) is 7.32. The number of pyridine rings is 1. The van der Waals surface area contributed by atoms with Gasteiger partial charge >= 0.3 is 6.03 Å². The number of nitrogens with zero attached hydrogens (tertiary/aromatic N) is 3. The number of halogens is 1. The Morgan fingerprint density at radius 3 is 2.41 bits per heavy atom. The number of amides is 2. The predicted octanol–water partition coefficient (Wildman–Crippen LogP) is 6.51. The first kappa shape index (κ1) is 27.6. The van der Waals surface area contributed by atoms with E-state index in [1.807, 2.05) is 58.0 Å². The molecule has 3 N–H and O–H groups in total. The molecule has 2 heterocycles. The molecule has 4 rings (SSSR count). The maximum absolute atomic E-state index is 14.8. The van der Waals surface area contributed by atoms with Crippen molar-refractivity contribution < 1.29 is 18.7 Å². The van der Waals surface area contributed by atoms with Gasteiger partial charge in [-0.25, -0.2) is 13.9 Å². The van der Waals surface area contributed by atoms with Crippen molar-refractivity contribution in [3.63, 3.8) is 0 Å². The van der Waals surface area contributed by atoms with E-state index in [1.165, 1.54) is 12.1 Å². The standard InChI is InChI=1S/C29H33FN6O3/c1-19-16-23(12-13-31-19)39-22-10-11-25(24(30)17-22)33-28(37)34-27-18-26(29(2,3)4)35-36(27)21-8-6-20(7-9-21)32-14-15-38-5/h6-13,16-18,32H,14-15H2,1-5H3,(H2,33,34,37). The second-order valence-electron chi connectivity index (χ2n) is 10.00. The number of aromatic nitrogens is 3. The van der Waals surface area contributed by atoms with Crippen LogP contribution >= 0.6 is 0 Å². The lowest BCUT2D eigenvalue weighted by molar-refractivity contribution is 0.211. The van der Waals surface area contributed by atoms with Crippen LogP contribution in [0.4, 0.5) is 26.4 Å². The van der Waals surface area contributed by atoms with Crippen LogP contribution in [0.1, 0.15) is 32.2 Å². The number of carbonyl (C=O) groups excluding carboxylic acids is 1. The first-order chi connectivity index (χ1) is 18.6. The van der Waals surface area contributed by atoms with E-state index >= 15 is 0 Å². The van der Waals surface area contributed by atoms with Gasteiger partial charge in [-0.3, -0.25) is 10.3 Å². The number of ether oxygens (including phenoxy) is 2. The molecule has 0 fully saturated rings. The summed E-state index contributed by atoms with van der Waals surface area (Å²) in [5.41, 5.74) is 3.03. The molecular formula is C29H33FN6O3. The molecule has 204 valence electrons. The Labute approximate surface area is 227 Å². The van der Waals surface area contributed by atoms with Crippen molar-refractivity contribution in [1.29, 1.82) is 0 Å². The molecule has 0 atom stereocenters. The minimum Gasteiger partial charge on any atom is -0.457 e. The lowest BCUT2D eigenvalue weighted by atomic mass is 9.92. The van der Waals surface area contributed by atoms with Gasteiger partial charge < -0.3 is 20.1 Å². The van der Waals surface area contributed by atoms with Gasteiger partial charge in [0.05, 0.1) is 23.7 Å². The summed E-state index contributed by atoms with van der Waals surface area (Å²) in [6, 6.07) is 16.6. The number of methoxy groups -OCH3 is 1. The van der Waals surface area contributed by atoms with Crippen LogP contribution in [0.15, 0.2) is 66.9 Å². The first-order valence-corrected chi connectivity index (χ1v) is 12.5. The van der Waals surface area contributed by atoms with Crippen molar-refractivity contribution in [3.05, 3.63) is 84.1 Å². The fraction of sp³-hybridized carbons (Fsp3) is 0.276. The summed E-state index contributed by atoms with van der Waals surface area (Å²) in [5, 5.41) is 13.4. The maximum Gasteiger partial charge on any atom is 0.324 e. The quantitative estimate of drug-likeness (QED) is 0.213. The van der Waals surface area contributed by atoms with E-state index in [4.69, 9.17) is 14.6 Å². The lowest BCUT2D eigenvalue weighted by Gasteiger charge is -2.14. The molecule has 0 aliphatic heterocycles. The van der Waals surface area contributed by atoms with Crippen LogP contribution in [-0.2, 0) is 10.2 Å². The van der Waals surface area contributed by atoms with Crippen LogP contribution in [0.25, 0.3) is 5.69 Å². The first-order valence-electron chi connectivity index (χ1n) is 12.5. The van der Waals surface area contributed by atoms with Gasteiger partial charge in [-0.05, 0) is 49.4 Å². The number of nitrogens with one attached hydrogen (secondary N) is 3. The van der Waals surface area contributed by atoms with Crippen molar-refractivity contribution in [3.8, 4) is 17.2 Å². The average molecular weight is 533 g/mol. The van der Waals surface area contributed by atoms with E-state index in [-0.39, 0.29) is 11.1 Å². The van der Waals surface area contributed by atoms with Gasteiger partial charge in [0, 0.05) is 54.8 Å².